The lowest BCUT2D eigenvalue weighted by Gasteiger charge is -2.11. The molecule has 28 heavy (non-hydrogen) atoms. The second-order valence-electron chi connectivity index (χ2n) is 7.31. The highest BCUT2D eigenvalue weighted by Crippen LogP contribution is 2.41. The molecule has 1 unspecified atom stereocenters. The maximum absolute atomic E-state index is 10.4. The van der Waals surface area contributed by atoms with E-state index in [2.05, 4.69) is 21.0 Å². The molecule has 1 fully saturated rings. The van der Waals surface area contributed by atoms with E-state index >= 15 is 0 Å². The Hall–Kier alpha value is -3.18. The summed E-state index contributed by atoms with van der Waals surface area (Å²) in [6.45, 7) is 0. The van der Waals surface area contributed by atoms with Gasteiger partial charge in [-0.05, 0) is 42.5 Å². The van der Waals surface area contributed by atoms with E-state index in [0.29, 0.717) is 5.92 Å². The van der Waals surface area contributed by atoms with Crippen LogP contribution in [0.25, 0.3) is 33.3 Å². The normalized spacial score (nSPS) is 14.9. The molecule has 0 amide bonds. The van der Waals surface area contributed by atoms with Gasteiger partial charge in [-0.25, -0.2) is 4.98 Å². The topological polar surface area (TPSA) is 71.0 Å². The number of fused-ring (bicyclic) bond motifs is 1. The quantitative estimate of drug-likeness (QED) is 0.531. The van der Waals surface area contributed by atoms with Crippen LogP contribution in [0.1, 0.15) is 24.5 Å². The van der Waals surface area contributed by atoms with Gasteiger partial charge in [0, 0.05) is 52.4 Å². The molecule has 0 saturated heterocycles. The summed E-state index contributed by atoms with van der Waals surface area (Å²) in [5.41, 5.74) is 5.69. The molecule has 1 atom stereocenters. The Morgan fingerprint density at radius 2 is 1.89 bits per heavy atom. The fourth-order valence-corrected chi connectivity index (χ4v) is 3.71. The van der Waals surface area contributed by atoms with Crippen molar-refractivity contribution in [1.82, 2.24) is 15.0 Å². The largest absolute Gasteiger partial charge is 0.496 e. The van der Waals surface area contributed by atoms with Gasteiger partial charge in [0.2, 0.25) is 0 Å². The number of aromatic nitrogens is 3. The maximum atomic E-state index is 10.4. The molecule has 1 aliphatic carbocycles. The minimum Gasteiger partial charge on any atom is -0.496 e. The monoisotopic (exact) mass is 371 g/mol. The molecule has 1 aromatic carbocycles. The van der Waals surface area contributed by atoms with Crippen LogP contribution in [0.2, 0.25) is 0 Å². The number of aliphatic hydroxyl groups excluding tert-OH is 1. The molecule has 0 bridgehead atoms. The molecular weight excluding hydrogens is 350 g/mol. The summed E-state index contributed by atoms with van der Waals surface area (Å²) in [4.78, 5) is 12.2. The van der Waals surface area contributed by atoms with E-state index in [9.17, 15) is 5.11 Å². The molecule has 5 nitrogen and oxygen atoms in total. The first-order valence-corrected chi connectivity index (χ1v) is 9.48. The number of nitrogens with zero attached hydrogens (tertiary/aromatic N) is 2. The van der Waals surface area contributed by atoms with Crippen molar-refractivity contribution in [1.29, 1.82) is 0 Å². The zero-order valence-corrected chi connectivity index (χ0v) is 15.6. The average molecular weight is 371 g/mol. The van der Waals surface area contributed by atoms with E-state index in [-0.39, 0.29) is 0 Å². The fourth-order valence-electron chi connectivity index (χ4n) is 3.71. The number of ether oxygens (including phenoxy) is 1. The van der Waals surface area contributed by atoms with E-state index < -0.39 is 6.10 Å². The Labute approximate surface area is 163 Å². The SMILES string of the molecule is COc1ccccc1-c1c[nH]c2ncc(-c3cncc(C(O)C4CC4)c3)cc12. The Morgan fingerprint density at radius 1 is 1.07 bits per heavy atom. The molecular formula is C23H21N3O2. The number of methoxy groups -OCH3 is 1. The molecule has 0 spiro atoms. The molecule has 3 heterocycles. The predicted molar refractivity (Wildman–Crippen MR) is 109 cm³/mol. The molecule has 1 saturated carbocycles. The molecule has 0 radical (unpaired) electrons. The molecule has 0 aliphatic heterocycles. The van der Waals surface area contributed by atoms with Crippen LogP contribution in [-0.4, -0.2) is 27.2 Å². The first-order valence-electron chi connectivity index (χ1n) is 9.48. The van der Waals surface area contributed by atoms with Gasteiger partial charge in [-0.3, -0.25) is 4.98 Å². The van der Waals surface area contributed by atoms with Crippen molar-refractivity contribution >= 4 is 11.0 Å². The lowest BCUT2D eigenvalue weighted by molar-refractivity contribution is 0.153. The van der Waals surface area contributed by atoms with Crippen molar-refractivity contribution < 1.29 is 9.84 Å². The third-order valence-corrected chi connectivity index (χ3v) is 5.43. The second-order valence-corrected chi connectivity index (χ2v) is 7.31. The number of rotatable bonds is 5. The number of nitrogens with one attached hydrogen (secondary N) is 1. The molecule has 1 aliphatic rings. The van der Waals surface area contributed by atoms with E-state index in [0.717, 1.165) is 57.4 Å². The Morgan fingerprint density at radius 3 is 2.71 bits per heavy atom. The van der Waals surface area contributed by atoms with Gasteiger partial charge in [0.1, 0.15) is 11.4 Å². The Kier molecular flexibility index (Phi) is 4.10. The van der Waals surface area contributed by atoms with Crippen LogP contribution in [0, 0.1) is 5.92 Å². The zero-order chi connectivity index (χ0) is 19.1. The number of aliphatic hydroxyl groups is 1. The third kappa shape index (κ3) is 2.94. The number of aromatic amines is 1. The summed E-state index contributed by atoms with van der Waals surface area (Å²) < 4.78 is 5.53. The number of hydrogen-bond acceptors (Lipinski definition) is 4. The number of benzene rings is 1. The zero-order valence-electron chi connectivity index (χ0n) is 15.6. The maximum Gasteiger partial charge on any atom is 0.137 e. The van der Waals surface area contributed by atoms with Crippen LogP contribution in [0.15, 0.2) is 61.2 Å². The molecule has 140 valence electrons. The highest BCUT2D eigenvalue weighted by molar-refractivity contribution is 5.97. The second kappa shape index (κ2) is 6.77. The molecule has 3 aromatic heterocycles. The number of H-pyrrole nitrogens is 1. The standard InChI is InChI=1S/C23H21N3O2/c1-28-21-5-3-2-4-18(21)20-13-26-23-19(20)9-16(12-25-23)15-8-17(11-24-10-15)22(27)14-6-7-14/h2-5,8-14,22,27H,6-7H2,1H3,(H,25,26). The van der Waals surface area contributed by atoms with Gasteiger partial charge in [-0.2, -0.15) is 0 Å². The lowest BCUT2D eigenvalue weighted by Crippen LogP contribution is -2.00. The Bertz CT molecular complexity index is 1150. The summed E-state index contributed by atoms with van der Waals surface area (Å²) in [7, 11) is 1.68. The smallest absolute Gasteiger partial charge is 0.137 e. The van der Waals surface area contributed by atoms with Crippen LogP contribution < -0.4 is 4.74 Å². The molecule has 2 N–H and O–H groups in total. The van der Waals surface area contributed by atoms with Crippen LogP contribution in [0.3, 0.4) is 0 Å². The number of para-hydroxylation sites is 1. The summed E-state index contributed by atoms with van der Waals surface area (Å²) >= 11 is 0. The van der Waals surface area contributed by atoms with E-state index in [1.807, 2.05) is 48.9 Å². The highest BCUT2D eigenvalue weighted by Gasteiger charge is 2.31. The summed E-state index contributed by atoms with van der Waals surface area (Å²) in [6, 6.07) is 12.1. The van der Waals surface area contributed by atoms with Gasteiger partial charge in [-0.1, -0.05) is 18.2 Å². The lowest BCUT2D eigenvalue weighted by atomic mass is 10.0. The van der Waals surface area contributed by atoms with Crippen molar-refractivity contribution in [2.75, 3.05) is 7.11 Å². The van der Waals surface area contributed by atoms with Crippen LogP contribution in [0.5, 0.6) is 5.75 Å². The van der Waals surface area contributed by atoms with Gasteiger partial charge in [0.15, 0.2) is 0 Å². The molecule has 5 rings (SSSR count). The average Bonchev–Trinajstić information content (AvgIpc) is 3.52. The van der Waals surface area contributed by atoms with Gasteiger partial charge in [0.05, 0.1) is 13.2 Å². The van der Waals surface area contributed by atoms with Crippen molar-refractivity contribution in [2.24, 2.45) is 5.92 Å². The van der Waals surface area contributed by atoms with E-state index in [4.69, 9.17) is 4.74 Å². The van der Waals surface area contributed by atoms with Gasteiger partial charge < -0.3 is 14.8 Å². The van der Waals surface area contributed by atoms with Crippen LogP contribution in [0.4, 0.5) is 0 Å². The van der Waals surface area contributed by atoms with Gasteiger partial charge in [-0.15, -0.1) is 0 Å². The van der Waals surface area contributed by atoms with Gasteiger partial charge in [0.25, 0.3) is 0 Å². The first kappa shape index (κ1) is 17.0. The van der Waals surface area contributed by atoms with Crippen molar-refractivity contribution in [3.8, 4) is 28.0 Å². The van der Waals surface area contributed by atoms with Crippen molar-refractivity contribution in [2.45, 2.75) is 18.9 Å². The first-order chi connectivity index (χ1) is 13.7. The minimum atomic E-state index is -0.430. The predicted octanol–water partition coefficient (Wildman–Crippen LogP) is 4.74. The molecule has 4 aromatic rings. The minimum absolute atomic E-state index is 0.375. The van der Waals surface area contributed by atoms with Crippen molar-refractivity contribution in [3.05, 3.63) is 66.7 Å². The van der Waals surface area contributed by atoms with E-state index in [1.54, 1.807) is 13.3 Å². The summed E-state index contributed by atoms with van der Waals surface area (Å²) in [5.74, 6) is 1.20. The Balaban J connectivity index is 1.60. The fraction of sp³-hybridized carbons (Fsp3) is 0.217. The van der Waals surface area contributed by atoms with Gasteiger partial charge >= 0.3 is 0 Å². The summed E-state index contributed by atoms with van der Waals surface area (Å²) in [6.07, 6.45) is 9.13. The summed E-state index contributed by atoms with van der Waals surface area (Å²) in [5, 5.41) is 11.5. The highest BCUT2D eigenvalue weighted by atomic mass is 16.5. The van der Waals surface area contributed by atoms with Crippen molar-refractivity contribution in [3.63, 3.8) is 0 Å². The number of hydrogen-bond donors (Lipinski definition) is 2. The van der Waals surface area contributed by atoms with E-state index in [1.165, 1.54) is 0 Å². The van der Waals surface area contributed by atoms with Crippen LogP contribution in [-0.2, 0) is 0 Å². The molecule has 5 heteroatoms. The number of pyridine rings is 2. The van der Waals surface area contributed by atoms with Crippen LogP contribution >= 0.6 is 0 Å². The third-order valence-electron chi connectivity index (χ3n) is 5.43.